The number of rotatable bonds is 8. The molecule has 6 heteroatoms. The first-order chi connectivity index (χ1) is 15.3. The maximum Gasteiger partial charge on any atom is 0.238 e. The van der Waals surface area contributed by atoms with Crippen molar-refractivity contribution >= 4 is 29.1 Å². The minimum atomic E-state index is -0.308. The van der Waals surface area contributed by atoms with E-state index in [1.807, 2.05) is 86.6 Å². The fourth-order valence-corrected chi connectivity index (χ4v) is 3.73. The number of halogens is 1. The van der Waals surface area contributed by atoms with Crippen LogP contribution in [0.5, 0.6) is 0 Å². The van der Waals surface area contributed by atoms with Gasteiger partial charge in [0.1, 0.15) is 0 Å². The minimum absolute atomic E-state index is 0.0943. The van der Waals surface area contributed by atoms with Crippen LogP contribution >= 0.6 is 11.6 Å². The first-order valence-electron chi connectivity index (χ1n) is 10.5. The summed E-state index contributed by atoms with van der Waals surface area (Å²) in [6.45, 7) is 4.12. The van der Waals surface area contributed by atoms with Crippen LogP contribution in [0.2, 0.25) is 5.02 Å². The van der Waals surface area contributed by atoms with E-state index in [2.05, 4.69) is 10.6 Å². The smallest absolute Gasteiger partial charge is 0.238 e. The average Bonchev–Trinajstić information content (AvgIpc) is 2.76. The molecule has 0 saturated carbocycles. The fourth-order valence-electron chi connectivity index (χ4n) is 3.60. The molecule has 3 aromatic rings. The summed E-state index contributed by atoms with van der Waals surface area (Å²) >= 11 is 6.03. The van der Waals surface area contributed by atoms with E-state index in [1.165, 1.54) is 0 Å². The first kappa shape index (κ1) is 23.5. The Kier molecular flexibility index (Phi) is 8.03. The van der Waals surface area contributed by atoms with Crippen LogP contribution < -0.4 is 10.6 Å². The van der Waals surface area contributed by atoms with Crippen LogP contribution in [-0.4, -0.2) is 36.9 Å². The first-order valence-corrected chi connectivity index (χ1v) is 10.9. The number of hydrogen-bond acceptors (Lipinski definition) is 3. The van der Waals surface area contributed by atoms with Crippen LogP contribution in [-0.2, 0) is 9.59 Å². The van der Waals surface area contributed by atoms with E-state index in [0.29, 0.717) is 5.02 Å². The molecule has 0 unspecified atom stereocenters. The third-order valence-corrected chi connectivity index (χ3v) is 5.47. The molecular weight excluding hydrogens is 422 g/mol. The van der Waals surface area contributed by atoms with E-state index >= 15 is 0 Å². The predicted molar refractivity (Wildman–Crippen MR) is 130 cm³/mol. The molecule has 0 aromatic heterocycles. The quantitative estimate of drug-likeness (QED) is 0.522. The predicted octanol–water partition coefficient (Wildman–Crippen LogP) is 4.73. The maximum atomic E-state index is 12.8. The molecule has 2 N–H and O–H groups in total. The molecule has 5 nitrogen and oxygen atoms in total. The molecule has 3 rings (SSSR count). The van der Waals surface area contributed by atoms with Crippen molar-refractivity contribution in [3.8, 4) is 0 Å². The van der Waals surface area contributed by atoms with Crippen LogP contribution in [0, 0.1) is 13.8 Å². The number of likely N-dealkylation sites (N-methyl/N-ethyl adjacent to an activating group) is 1. The highest BCUT2D eigenvalue weighted by molar-refractivity contribution is 6.30. The van der Waals surface area contributed by atoms with Gasteiger partial charge in [-0.2, -0.15) is 0 Å². The average molecular weight is 450 g/mol. The van der Waals surface area contributed by atoms with Gasteiger partial charge < -0.3 is 10.6 Å². The molecule has 0 aliphatic heterocycles. The zero-order valence-corrected chi connectivity index (χ0v) is 19.3. The topological polar surface area (TPSA) is 61.4 Å². The summed E-state index contributed by atoms with van der Waals surface area (Å²) in [5.41, 5.74) is 4.74. The van der Waals surface area contributed by atoms with E-state index in [4.69, 9.17) is 11.6 Å². The van der Waals surface area contributed by atoms with Crippen LogP contribution in [0.1, 0.15) is 28.3 Å². The number of hydrogen-bond donors (Lipinski definition) is 2. The second kappa shape index (κ2) is 10.9. The van der Waals surface area contributed by atoms with E-state index in [1.54, 1.807) is 11.9 Å². The Hall–Kier alpha value is -3.15. The van der Waals surface area contributed by atoms with Gasteiger partial charge >= 0.3 is 0 Å². The largest absolute Gasteiger partial charge is 0.344 e. The lowest BCUT2D eigenvalue weighted by Gasteiger charge is -2.22. The van der Waals surface area contributed by atoms with Gasteiger partial charge in [0.05, 0.1) is 19.1 Å². The van der Waals surface area contributed by atoms with E-state index in [9.17, 15) is 9.59 Å². The molecule has 0 radical (unpaired) electrons. The molecule has 3 aromatic carbocycles. The van der Waals surface area contributed by atoms with Crippen molar-refractivity contribution in [2.75, 3.05) is 25.5 Å². The second-order valence-corrected chi connectivity index (χ2v) is 8.39. The third kappa shape index (κ3) is 6.42. The monoisotopic (exact) mass is 449 g/mol. The molecule has 2 amide bonds. The molecule has 0 aliphatic rings. The normalized spacial score (nSPS) is 11.8. The Bertz CT molecular complexity index is 1050. The molecule has 0 saturated heterocycles. The summed E-state index contributed by atoms with van der Waals surface area (Å²) in [5.74, 6) is -0.328. The molecule has 0 aliphatic carbocycles. The summed E-state index contributed by atoms with van der Waals surface area (Å²) < 4.78 is 0. The van der Waals surface area contributed by atoms with Crippen molar-refractivity contribution in [3.63, 3.8) is 0 Å². The standard InChI is InChI=1S/C26H28ClN3O2/c1-18-8-7-9-19(2)25(18)28-23(31)16-30(3)17-24(32)29-26(20-10-5-4-6-11-20)21-12-14-22(27)15-13-21/h4-15,26H,16-17H2,1-3H3,(H,28,31)(H,29,32)/t26-/m0/s1. The highest BCUT2D eigenvalue weighted by Gasteiger charge is 2.19. The van der Waals surface area contributed by atoms with Crippen molar-refractivity contribution < 1.29 is 9.59 Å². The number of aryl methyl sites for hydroxylation is 2. The second-order valence-electron chi connectivity index (χ2n) is 7.95. The van der Waals surface area contributed by atoms with Gasteiger partial charge in [0, 0.05) is 10.7 Å². The zero-order valence-electron chi connectivity index (χ0n) is 18.6. The molecule has 32 heavy (non-hydrogen) atoms. The van der Waals surface area contributed by atoms with Crippen molar-refractivity contribution in [3.05, 3.63) is 100 Å². The summed E-state index contributed by atoms with van der Waals surface area (Å²) in [4.78, 5) is 27.0. The van der Waals surface area contributed by atoms with Crippen LogP contribution in [0.3, 0.4) is 0 Å². The number of nitrogens with zero attached hydrogens (tertiary/aromatic N) is 1. The molecule has 1 atom stereocenters. The number of benzene rings is 3. The Morgan fingerprint density at radius 3 is 2.00 bits per heavy atom. The summed E-state index contributed by atoms with van der Waals surface area (Å²) in [5, 5.41) is 6.68. The number of para-hydroxylation sites is 1. The Labute approximate surface area is 194 Å². The van der Waals surface area contributed by atoms with Crippen molar-refractivity contribution in [2.24, 2.45) is 0 Å². The summed E-state index contributed by atoms with van der Waals surface area (Å²) in [7, 11) is 1.75. The number of nitrogens with one attached hydrogen (secondary N) is 2. The SMILES string of the molecule is Cc1cccc(C)c1NC(=O)CN(C)CC(=O)N[C@@H](c1ccccc1)c1ccc(Cl)cc1. The highest BCUT2D eigenvalue weighted by Crippen LogP contribution is 2.23. The van der Waals surface area contributed by atoms with Crippen molar-refractivity contribution in [2.45, 2.75) is 19.9 Å². The van der Waals surface area contributed by atoms with Gasteiger partial charge in [-0.15, -0.1) is 0 Å². The minimum Gasteiger partial charge on any atom is -0.344 e. The number of anilines is 1. The summed E-state index contributed by atoms with van der Waals surface area (Å²) in [6, 6.07) is 22.8. The van der Waals surface area contributed by atoms with Gasteiger partial charge in [0.2, 0.25) is 11.8 Å². The van der Waals surface area contributed by atoms with Crippen LogP contribution in [0.4, 0.5) is 5.69 Å². The Morgan fingerprint density at radius 1 is 0.812 bits per heavy atom. The third-order valence-electron chi connectivity index (χ3n) is 5.21. The number of carbonyl (C=O) groups excluding carboxylic acids is 2. The number of carbonyl (C=O) groups is 2. The lowest BCUT2D eigenvalue weighted by Crippen LogP contribution is -2.40. The van der Waals surface area contributed by atoms with E-state index in [-0.39, 0.29) is 30.9 Å². The molecule has 0 fully saturated rings. The van der Waals surface area contributed by atoms with Crippen molar-refractivity contribution in [1.29, 1.82) is 0 Å². The van der Waals surface area contributed by atoms with Crippen LogP contribution in [0.25, 0.3) is 0 Å². The Morgan fingerprint density at radius 2 is 1.38 bits per heavy atom. The molecule has 0 heterocycles. The van der Waals surface area contributed by atoms with Gasteiger partial charge in [-0.1, -0.05) is 72.3 Å². The van der Waals surface area contributed by atoms with Gasteiger partial charge in [0.15, 0.2) is 0 Å². The van der Waals surface area contributed by atoms with Gasteiger partial charge in [-0.3, -0.25) is 14.5 Å². The highest BCUT2D eigenvalue weighted by atomic mass is 35.5. The van der Waals surface area contributed by atoms with Crippen LogP contribution in [0.15, 0.2) is 72.8 Å². The van der Waals surface area contributed by atoms with Gasteiger partial charge in [-0.25, -0.2) is 0 Å². The Balaban J connectivity index is 1.63. The van der Waals surface area contributed by atoms with Crippen molar-refractivity contribution in [1.82, 2.24) is 10.2 Å². The van der Waals surface area contributed by atoms with E-state index in [0.717, 1.165) is 27.9 Å². The lowest BCUT2D eigenvalue weighted by atomic mass is 9.98. The van der Waals surface area contributed by atoms with E-state index < -0.39 is 0 Å². The zero-order chi connectivity index (χ0) is 23.1. The molecule has 0 bridgehead atoms. The molecule has 0 spiro atoms. The van der Waals surface area contributed by atoms with Gasteiger partial charge in [-0.05, 0) is 55.3 Å². The summed E-state index contributed by atoms with van der Waals surface area (Å²) in [6.07, 6.45) is 0. The number of amides is 2. The molecule has 166 valence electrons. The lowest BCUT2D eigenvalue weighted by molar-refractivity contribution is -0.123. The fraction of sp³-hybridized carbons (Fsp3) is 0.231. The van der Waals surface area contributed by atoms with Gasteiger partial charge in [0.25, 0.3) is 0 Å². The maximum absolute atomic E-state index is 12.8. The molecular formula is C26H28ClN3O2.